The zero-order valence-electron chi connectivity index (χ0n) is 11.8. The summed E-state index contributed by atoms with van der Waals surface area (Å²) in [7, 11) is 3.98. The van der Waals surface area contributed by atoms with Crippen molar-refractivity contribution in [2.45, 2.75) is 13.0 Å². The predicted molar refractivity (Wildman–Crippen MR) is 76.6 cm³/mol. The van der Waals surface area contributed by atoms with Gasteiger partial charge in [-0.2, -0.15) is 0 Å². The van der Waals surface area contributed by atoms with Crippen LogP contribution in [0.15, 0.2) is 36.7 Å². The first-order valence-electron chi connectivity index (χ1n) is 6.54. The fourth-order valence-electron chi connectivity index (χ4n) is 2.13. The largest absolute Gasteiger partial charge is 0.478 e. The topological polar surface area (TPSA) is 58.4 Å². The van der Waals surface area contributed by atoms with Crippen molar-refractivity contribution in [3.05, 3.63) is 53.6 Å². The third-order valence-corrected chi connectivity index (χ3v) is 3.34. The zero-order valence-corrected chi connectivity index (χ0v) is 11.8. The monoisotopic (exact) mass is 273 g/mol. The number of likely N-dealkylation sites (N-methyl/N-ethyl adjacent to an activating group) is 1. The van der Waals surface area contributed by atoms with Gasteiger partial charge in [0.05, 0.1) is 12.1 Å². The van der Waals surface area contributed by atoms with E-state index in [-0.39, 0.29) is 0 Å². The first-order chi connectivity index (χ1) is 9.58. The molecule has 0 aliphatic carbocycles. The summed E-state index contributed by atoms with van der Waals surface area (Å²) < 4.78 is 1.99. The van der Waals surface area contributed by atoms with Gasteiger partial charge in [0.15, 0.2) is 0 Å². The van der Waals surface area contributed by atoms with Crippen LogP contribution in [0.1, 0.15) is 21.7 Å². The van der Waals surface area contributed by atoms with Crippen molar-refractivity contribution < 1.29 is 9.90 Å². The van der Waals surface area contributed by atoms with Gasteiger partial charge < -0.3 is 9.67 Å². The van der Waals surface area contributed by atoms with Crippen molar-refractivity contribution in [3.63, 3.8) is 0 Å². The number of aromatic nitrogens is 2. The summed E-state index contributed by atoms with van der Waals surface area (Å²) >= 11 is 0. The number of rotatable bonds is 6. The molecule has 2 aromatic rings. The van der Waals surface area contributed by atoms with Gasteiger partial charge in [-0.15, -0.1) is 0 Å². The highest BCUT2D eigenvalue weighted by atomic mass is 16.4. The molecule has 0 unspecified atom stereocenters. The zero-order chi connectivity index (χ0) is 14.5. The van der Waals surface area contributed by atoms with Crippen molar-refractivity contribution in [1.82, 2.24) is 14.5 Å². The van der Waals surface area contributed by atoms with Crippen LogP contribution >= 0.6 is 0 Å². The number of hydrogen-bond acceptors (Lipinski definition) is 3. The van der Waals surface area contributed by atoms with Crippen LogP contribution in [-0.2, 0) is 20.0 Å². The fourth-order valence-corrected chi connectivity index (χ4v) is 2.13. The smallest absolute Gasteiger partial charge is 0.335 e. The van der Waals surface area contributed by atoms with Gasteiger partial charge in [0.25, 0.3) is 0 Å². The second-order valence-corrected chi connectivity index (χ2v) is 4.90. The molecule has 0 radical (unpaired) electrons. The van der Waals surface area contributed by atoms with Crippen molar-refractivity contribution in [2.24, 2.45) is 7.05 Å². The maximum Gasteiger partial charge on any atom is 0.335 e. The molecule has 0 amide bonds. The average Bonchev–Trinajstić information content (AvgIpc) is 2.82. The number of hydrogen-bond donors (Lipinski definition) is 1. The van der Waals surface area contributed by atoms with Gasteiger partial charge in [-0.25, -0.2) is 9.78 Å². The summed E-state index contributed by atoms with van der Waals surface area (Å²) in [5, 5.41) is 9.15. The van der Waals surface area contributed by atoms with E-state index < -0.39 is 5.97 Å². The quantitative estimate of drug-likeness (QED) is 0.872. The van der Waals surface area contributed by atoms with Gasteiger partial charge in [-0.05, 0) is 25.1 Å². The highest BCUT2D eigenvalue weighted by Crippen LogP contribution is 2.10. The van der Waals surface area contributed by atoms with Crippen molar-refractivity contribution in [2.75, 3.05) is 13.6 Å². The minimum Gasteiger partial charge on any atom is -0.478 e. The maximum absolute atomic E-state index is 11.1. The molecule has 0 spiro atoms. The van der Waals surface area contributed by atoms with Crippen LogP contribution in [0.4, 0.5) is 0 Å². The number of imidazole rings is 1. The summed E-state index contributed by atoms with van der Waals surface area (Å²) in [6.07, 6.45) is 4.41. The molecule has 106 valence electrons. The minimum atomic E-state index is -0.868. The van der Waals surface area contributed by atoms with Crippen molar-refractivity contribution >= 4 is 5.97 Å². The SMILES string of the molecule is CN(CCc1ccccc1C(=O)O)Cc1nccn1C. The molecular formula is C15H19N3O2. The summed E-state index contributed by atoms with van der Waals surface area (Å²) in [5.74, 6) is 0.131. The minimum absolute atomic E-state index is 0.387. The van der Waals surface area contributed by atoms with Crippen molar-refractivity contribution in [3.8, 4) is 0 Å². The summed E-state index contributed by atoms with van der Waals surface area (Å²) in [6.45, 7) is 1.54. The summed E-state index contributed by atoms with van der Waals surface area (Å²) in [6, 6.07) is 7.15. The predicted octanol–water partition coefficient (Wildman–Crippen LogP) is 1.79. The van der Waals surface area contributed by atoms with E-state index >= 15 is 0 Å². The molecule has 1 aromatic heterocycles. The van der Waals surface area contributed by atoms with E-state index in [0.29, 0.717) is 12.0 Å². The van der Waals surface area contributed by atoms with Crippen LogP contribution in [0.5, 0.6) is 0 Å². The molecule has 0 fully saturated rings. The second kappa shape index (κ2) is 6.34. The van der Waals surface area contributed by atoms with E-state index in [0.717, 1.165) is 24.5 Å². The van der Waals surface area contributed by atoms with E-state index in [1.807, 2.05) is 37.0 Å². The molecule has 1 N–H and O–H groups in total. The first-order valence-corrected chi connectivity index (χ1v) is 6.54. The molecule has 0 saturated heterocycles. The summed E-state index contributed by atoms with van der Waals surface area (Å²) in [5.41, 5.74) is 1.25. The Bertz CT molecular complexity index is 592. The normalized spacial score (nSPS) is 10.9. The molecule has 1 aromatic carbocycles. The Balaban J connectivity index is 1.95. The number of aryl methyl sites for hydroxylation is 1. The maximum atomic E-state index is 11.1. The Labute approximate surface area is 118 Å². The molecule has 0 atom stereocenters. The number of aromatic carboxylic acids is 1. The average molecular weight is 273 g/mol. The van der Waals surface area contributed by atoms with Crippen LogP contribution in [0.25, 0.3) is 0 Å². The standard InChI is InChI=1S/C15H19N3O2/c1-17(11-14-16-8-10-18(14)2)9-7-12-5-3-4-6-13(12)15(19)20/h3-6,8,10H,7,9,11H2,1-2H3,(H,19,20). The molecule has 0 bridgehead atoms. The van der Waals surface area contributed by atoms with Crippen LogP contribution in [0.2, 0.25) is 0 Å². The lowest BCUT2D eigenvalue weighted by molar-refractivity contribution is 0.0695. The van der Waals surface area contributed by atoms with E-state index in [1.165, 1.54) is 0 Å². The van der Waals surface area contributed by atoms with E-state index in [2.05, 4.69) is 9.88 Å². The molecule has 0 aliphatic heterocycles. The third-order valence-electron chi connectivity index (χ3n) is 3.34. The molecule has 0 aliphatic rings. The van der Waals surface area contributed by atoms with Gasteiger partial charge in [0.1, 0.15) is 5.82 Å². The Kier molecular flexibility index (Phi) is 4.53. The van der Waals surface area contributed by atoms with Crippen molar-refractivity contribution in [1.29, 1.82) is 0 Å². The number of carboxylic acids is 1. The highest BCUT2D eigenvalue weighted by molar-refractivity contribution is 5.89. The Hall–Kier alpha value is -2.14. The molecule has 1 heterocycles. The first kappa shape index (κ1) is 14.3. The Morgan fingerprint density at radius 3 is 2.80 bits per heavy atom. The van der Waals surface area contributed by atoms with Crippen LogP contribution in [0.3, 0.4) is 0 Å². The highest BCUT2D eigenvalue weighted by Gasteiger charge is 2.10. The lowest BCUT2D eigenvalue weighted by Gasteiger charge is -2.16. The number of nitrogens with zero attached hydrogens (tertiary/aromatic N) is 3. The molecular weight excluding hydrogens is 254 g/mol. The number of carboxylic acid groups (broad SMARTS) is 1. The molecule has 20 heavy (non-hydrogen) atoms. The van der Waals surface area contributed by atoms with Gasteiger partial charge >= 0.3 is 5.97 Å². The number of carbonyl (C=O) groups is 1. The van der Waals surface area contributed by atoms with E-state index in [4.69, 9.17) is 5.11 Å². The fraction of sp³-hybridized carbons (Fsp3) is 0.333. The van der Waals surface area contributed by atoms with Gasteiger partial charge in [0, 0.05) is 26.0 Å². The van der Waals surface area contributed by atoms with Crippen LogP contribution in [-0.4, -0.2) is 39.1 Å². The Morgan fingerprint density at radius 2 is 2.15 bits per heavy atom. The van der Waals surface area contributed by atoms with Crippen LogP contribution in [0, 0.1) is 0 Å². The second-order valence-electron chi connectivity index (χ2n) is 4.90. The third kappa shape index (κ3) is 3.45. The van der Waals surface area contributed by atoms with Gasteiger partial charge in [-0.3, -0.25) is 4.90 Å². The molecule has 0 saturated carbocycles. The molecule has 5 heteroatoms. The molecule has 5 nitrogen and oxygen atoms in total. The number of benzene rings is 1. The van der Waals surface area contributed by atoms with Crippen LogP contribution < -0.4 is 0 Å². The lowest BCUT2D eigenvalue weighted by Crippen LogP contribution is -2.23. The van der Waals surface area contributed by atoms with E-state index in [9.17, 15) is 4.79 Å². The molecule has 2 rings (SSSR count). The van der Waals surface area contributed by atoms with E-state index in [1.54, 1.807) is 18.3 Å². The van der Waals surface area contributed by atoms with Gasteiger partial charge in [-0.1, -0.05) is 18.2 Å². The van der Waals surface area contributed by atoms with Gasteiger partial charge in [0.2, 0.25) is 0 Å². The summed E-state index contributed by atoms with van der Waals surface area (Å²) in [4.78, 5) is 17.6. The lowest BCUT2D eigenvalue weighted by atomic mass is 10.0. The Morgan fingerprint density at radius 1 is 1.40 bits per heavy atom.